The summed E-state index contributed by atoms with van der Waals surface area (Å²) in [6, 6.07) is 8.44. The fourth-order valence-corrected chi connectivity index (χ4v) is 1.97. The number of halogens is 2. The third-order valence-electron chi connectivity index (χ3n) is 2.48. The van der Waals surface area contributed by atoms with Gasteiger partial charge >= 0.3 is 0 Å². The average molecular weight is 325 g/mol. The lowest BCUT2D eigenvalue weighted by molar-refractivity contribution is 0.455. The predicted molar refractivity (Wildman–Crippen MR) is 75.9 cm³/mol. The minimum atomic E-state index is -0.361. The second-order valence-corrected chi connectivity index (χ2v) is 5.02. The highest BCUT2D eigenvalue weighted by Gasteiger charge is 2.05. The minimum absolute atomic E-state index is 0.361. The van der Waals surface area contributed by atoms with Gasteiger partial charge in [0, 0.05) is 24.4 Å². The van der Waals surface area contributed by atoms with Gasteiger partial charge in [0.2, 0.25) is 5.88 Å². The Balaban J connectivity index is 2.24. The molecule has 0 spiro atoms. The molecule has 0 amide bonds. The van der Waals surface area contributed by atoms with Crippen LogP contribution in [0.1, 0.15) is 11.3 Å². The normalized spacial score (nSPS) is 10.5. The maximum absolute atomic E-state index is 13.4. The van der Waals surface area contributed by atoms with Gasteiger partial charge < -0.3 is 10.1 Å². The fourth-order valence-electron chi connectivity index (χ4n) is 1.73. The SMILES string of the molecule is CNCc1cc(C)nc(Oc2ccc(Br)c(F)c2)c1. The van der Waals surface area contributed by atoms with Crippen LogP contribution >= 0.6 is 15.9 Å². The Hall–Kier alpha value is -1.46. The lowest BCUT2D eigenvalue weighted by Gasteiger charge is -2.08. The standard InChI is InChI=1S/C14H14BrFN2O/c1-9-5-10(8-17-2)6-14(18-9)19-11-3-4-12(15)13(16)7-11/h3-7,17H,8H2,1-2H3. The highest BCUT2D eigenvalue weighted by Crippen LogP contribution is 2.25. The second kappa shape index (κ2) is 6.12. The Morgan fingerprint density at radius 2 is 2.11 bits per heavy atom. The summed E-state index contributed by atoms with van der Waals surface area (Å²) in [5.74, 6) is 0.529. The zero-order chi connectivity index (χ0) is 13.8. The van der Waals surface area contributed by atoms with Crippen LogP contribution < -0.4 is 10.1 Å². The van der Waals surface area contributed by atoms with Crippen molar-refractivity contribution in [2.24, 2.45) is 0 Å². The third kappa shape index (κ3) is 3.75. The lowest BCUT2D eigenvalue weighted by Crippen LogP contribution is -2.06. The first kappa shape index (κ1) is 14.0. The van der Waals surface area contributed by atoms with Crippen molar-refractivity contribution in [3.63, 3.8) is 0 Å². The molecule has 1 heterocycles. The molecule has 19 heavy (non-hydrogen) atoms. The van der Waals surface area contributed by atoms with E-state index < -0.39 is 0 Å². The van der Waals surface area contributed by atoms with Crippen molar-refractivity contribution in [1.29, 1.82) is 0 Å². The van der Waals surface area contributed by atoms with Gasteiger partial charge in [-0.1, -0.05) is 0 Å². The van der Waals surface area contributed by atoms with E-state index in [2.05, 4.69) is 26.2 Å². The highest BCUT2D eigenvalue weighted by atomic mass is 79.9. The molecule has 3 nitrogen and oxygen atoms in total. The van der Waals surface area contributed by atoms with Gasteiger partial charge in [-0.25, -0.2) is 9.37 Å². The smallest absolute Gasteiger partial charge is 0.219 e. The number of nitrogens with zero attached hydrogens (tertiary/aromatic N) is 1. The molecule has 0 aliphatic rings. The summed E-state index contributed by atoms with van der Waals surface area (Å²) in [7, 11) is 1.88. The molecular weight excluding hydrogens is 311 g/mol. The van der Waals surface area contributed by atoms with Crippen molar-refractivity contribution in [3.8, 4) is 11.6 Å². The van der Waals surface area contributed by atoms with Crippen LogP contribution in [0.4, 0.5) is 4.39 Å². The van der Waals surface area contributed by atoms with Crippen LogP contribution in [-0.2, 0) is 6.54 Å². The van der Waals surface area contributed by atoms with Gasteiger partial charge in [-0.3, -0.25) is 0 Å². The van der Waals surface area contributed by atoms with Gasteiger partial charge in [-0.15, -0.1) is 0 Å². The van der Waals surface area contributed by atoms with Crippen molar-refractivity contribution >= 4 is 15.9 Å². The second-order valence-electron chi connectivity index (χ2n) is 4.16. The van der Waals surface area contributed by atoms with Crippen LogP contribution in [0.2, 0.25) is 0 Å². The first-order chi connectivity index (χ1) is 9.08. The molecule has 0 radical (unpaired) electrons. The lowest BCUT2D eigenvalue weighted by atomic mass is 10.2. The molecular formula is C14H14BrFN2O. The number of ether oxygens (including phenoxy) is 1. The van der Waals surface area contributed by atoms with Crippen molar-refractivity contribution in [2.45, 2.75) is 13.5 Å². The van der Waals surface area contributed by atoms with Crippen molar-refractivity contribution in [1.82, 2.24) is 10.3 Å². The van der Waals surface area contributed by atoms with Gasteiger partial charge in [0.05, 0.1) is 4.47 Å². The molecule has 0 bridgehead atoms. The monoisotopic (exact) mass is 324 g/mol. The molecule has 2 rings (SSSR count). The number of rotatable bonds is 4. The summed E-state index contributed by atoms with van der Waals surface area (Å²) in [4.78, 5) is 4.28. The van der Waals surface area contributed by atoms with Crippen LogP contribution in [0.5, 0.6) is 11.6 Å². The van der Waals surface area contributed by atoms with Gasteiger partial charge in [0.15, 0.2) is 0 Å². The molecule has 5 heteroatoms. The van der Waals surface area contributed by atoms with E-state index in [0.717, 1.165) is 17.8 Å². The largest absolute Gasteiger partial charge is 0.439 e. The van der Waals surface area contributed by atoms with Crippen LogP contribution in [-0.4, -0.2) is 12.0 Å². The molecule has 0 aliphatic carbocycles. The molecule has 1 N–H and O–H groups in total. The first-order valence-electron chi connectivity index (χ1n) is 5.83. The van der Waals surface area contributed by atoms with E-state index in [0.29, 0.717) is 16.1 Å². The molecule has 1 aromatic carbocycles. The summed E-state index contributed by atoms with van der Waals surface area (Å²) in [5.41, 5.74) is 1.93. The van der Waals surface area contributed by atoms with Crippen molar-refractivity contribution in [2.75, 3.05) is 7.05 Å². The fraction of sp³-hybridized carbons (Fsp3) is 0.214. The van der Waals surface area contributed by atoms with Crippen molar-refractivity contribution in [3.05, 3.63) is 51.9 Å². The van der Waals surface area contributed by atoms with E-state index in [-0.39, 0.29) is 5.82 Å². The zero-order valence-electron chi connectivity index (χ0n) is 10.7. The molecule has 0 fully saturated rings. The van der Waals surface area contributed by atoms with Crippen molar-refractivity contribution < 1.29 is 9.13 Å². The number of hydrogen-bond donors (Lipinski definition) is 1. The number of hydrogen-bond acceptors (Lipinski definition) is 3. The summed E-state index contributed by atoms with van der Waals surface area (Å²) < 4.78 is 19.4. The van der Waals surface area contributed by atoms with E-state index in [1.807, 2.05) is 26.1 Å². The van der Waals surface area contributed by atoms with Crippen LogP contribution in [0, 0.1) is 12.7 Å². The van der Waals surface area contributed by atoms with Crippen LogP contribution in [0.15, 0.2) is 34.8 Å². The molecule has 0 unspecified atom stereocenters. The van der Waals surface area contributed by atoms with E-state index in [1.54, 1.807) is 12.1 Å². The zero-order valence-corrected chi connectivity index (χ0v) is 12.3. The van der Waals surface area contributed by atoms with E-state index in [4.69, 9.17) is 4.74 Å². The quantitative estimate of drug-likeness (QED) is 0.928. The summed E-state index contributed by atoms with van der Waals surface area (Å²) in [5, 5.41) is 3.07. The molecule has 100 valence electrons. The molecule has 2 aromatic rings. The minimum Gasteiger partial charge on any atom is -0.439 e. The molecule has 1 aromatic heterocycles. The number of aromatic nitrogens is 1. The van der Waals surface area contributed by atoms with Crippen LogP contribution in [0.25, 0.3) is 0 Å². The van der Waals surface area contributed by atoms with Crippen LogP contribution in [0.3, 0.4) is 0 Å². The van der Waals surface area contributed by atoms with Gasteiger partial charge in [0.25, 0.3) is 0 Å². The number of aryl methyl sites for hydroxylation is 1. The maximum Gasteiger partial charge on any atom is 0.219 e. The first-order valence-corrected chi connectivity index (χ1v) is 6.63. The number of nitrogens with one attached hydrogen (secondary N) is 1. The van der Waals surface area contributed by atoms with E-state index in [9.17, 15) is 4.39 Å². The predicted octanol–water partition coefficient (Wildman–Crippen LogP) is 3.80. The van der Waals surface area contributed by atoms with E-state index in [1.165, 1.54) is 6.07 Å². The van der Waals surface area contributed by atoms with Gasteiger partial charge in [0.1, 0.15) is 11.6 Å². The van der Waals surface area contributed by atoms with E-state index >= 15 is 0 Å². The third-order valence-corrected chi connectivity index (χ3v) is 3.13. The molecule has 0 aliphatic heterocycles. The van der Waals surface area contributed by atoms with Gasteiger partial charge in [-0.05, 0) is 53.7 Å². The Labute approximate surface area is 119 Å². The Morgan fingerprint density at radius 3 is 2.79 bits per heavy atom. The van der Waals surface area contributed by atoms with Gasteiger partial charge in [-0.2, -0.15) is 0 Å². The topological polar surface area (TPSA) is 34.2 Å². The number of pyridine rings is 1. The molecule has 0 saturated heterocycles. The Bertz CT molecular complexity index is 590. The Morgan fingerprint density at radius 1 is 1.32 bits per heavy atom. The molecule has 0 saturated carbocycles. The average Bonchev–Trinajstić information content (AvgIpc) is 2.33. The maximum atomic E-state index is 13.4. The summed E-state index contributed by atoms with van der Waals surface area (Å²) >= 11 is 3.10. The molecule has 0 atom stereocenters. The summed E-state index contributed by atoms with van der Waals surface area (Å²) in [6.07, 6.45) is 0. The Kier molecular flexibility index (Phi) is 4.50. The highest BCUT2D eigenvalue weighted by molar-refractivity contribution is 9.10. The summed E-state index contributed by atoms with van der Waals surface area (Å²) in [6.45, 7) is 2.63. The number of benzene rings is 1.